The van der Waals surface area contributed by atoms with Crippen molar-refractivity contribution >= 4 is 28.9 Å². The number of benzene rings is 1. The van der Waals surface area contributed by atoms with Crippen LogP contribution in [0.5, 0.6) is 0 Å². The number of nitrogens with zero attached hydrogens (tertiary/aromatic N) is 2. The number of hydrogen-bond acceptors (Lipinski definition) is 4. The number of rotatable bonds is 3. The lowest BCUT2D eigenvalue weighted by Crippen LogP contribution is -2.56. The summed E-state index contributed by atoms with van der Waals surface area (Å²) in [5, 5.41) is 3.36. The molecule has 2 rings (SSSR count). The van der Waals surface area contributed by atoms with Gasteiger partial charge in [0, 0.05) is 30.9 Å². The van der Waals surface area contributed by atoms with Gasteiger partial charge in [-0.05, 0) is 39.1 Å². The number of carbonyl (C=O) groups is 1. The van der Waals surface area contributed by atoms with E-state index in [0.717, 1.165) is 13.1 Å². The number of amides is 1. The van der Waals surface area contributed by atoms with Gasteiger partial charge in [-0.3, -0.25) is 14.6 Å². The second-order valence-corrected chi connectivity index (χ2v) is 6.25. The Labute approximate surface area is 131 Å². The summed E-state index contributed by atoms with van der Waals surface area (Å²) in [7, 11) is 2.13. The molecule has 116 valence electrons. The van der Waals surface area contributed by atoms with Crippen molar-refractivity contribution in [2.75, 3.05) is 37.7 Å². The number of anilines is 2. The van der Waals surface area contributed by atoms with E-state index in [4.69, 9.17) is 17.3 Å². The lowest BCUT2D eigenvalue weighted by atomic mass is 10.1. The Balaban J connectivity index is 1.91. The van der Waals surface area contributed by atoms with Gasteiger partial charge in [-0.1, -0.05) is 11.6 Å². The maximum Gasteiger partial charge on any atom is 0.238 e. The summed E-state index contributed by atoms with van der Waals surface area (Å²) in [6.07, 6.45) is 0. The Morgan fingerprint density at radius 3 is 2.57 bits per heavy atom. The number of halogens is 1. The van der Waals surface area contributed by atoms with Crippen molar-refractivity contribution in [3.8, 4) is 0 Å². The first-order valence-corrected chi connectivity index (χ1v) is 7.53. The zero-order valence-corrected chi connectivity index (χ0v) is 13.5. The fraction of sp³-hybridized carbons (Fsp3) is 0.533. The number of nitrogens with two attached hydrogens (primary N) is 1. The van der Waals surface area contributed by atoms with E-state index in [1.54, 1.807) is 18.2 Å². The summed E-state index contributed by atoms with van der Waals surface area (Å²) in [5.41, 5.74) is 6.88. The number of nitrogen functional groups attached to an aromatic ring is 1. The molecule has 1 heterocycles. The first-order chi connectivity index (χ1) is 9.86. The Kier molecular flexibility index (Phi) is 5.08. The third kappa shape index (κ3) is 4.09. The van der Waals surface area contributed by atoms with E-state index in [1.807, 2.05) is 0 Å². The van der Waals surface area contributed by atoms with Crippen molar-refractivity contribution in [3.05, 3.63) is 23.2 Å². The van der Waals surface area contributed by atoms with Crippen LogP contribution in [0, 0.1) is 0 Å². The van der Waals surface area contributed by atoms with E-state index in [0.29, 0.717) is 35.0 Å². The van der Waals surface area contributed by atoms with E-state index < -0.39 is 0 Å². The van der Waals surface area contributed by atoms with Crippen LogP contribution in [0.2, 0.25) is 5.02 Å². The number of piperazine rings is 1. The highest BCUT2D eigenvalue weighted by molar-refractivity contribution is 6.33. The normalized spacial score (nSPS) is 24.0. The fourth-order valence-corrected chi connectivity index (χ4v) is 2.79. The van der Waals surface area contributed by atoms with Crippen LogP contribution >= 0.6 is 11.6 Å². The maximum atomic E-state index is 12.1. The molecule has 2 atom stereocenters. The van der Waals surface area contributed by atoms with Gasteiger partial charge < -0.3 is 11.1 Å². The predicted molar refractivity (Wildman–Crippen MR) is 87.6 cm³/mol. The zero-order chi connectivity index (χ0) is 15.6. The molecular formula is C15H23ClN4O. The van der Waals surface area contributed by atoms with Crippen molar-refractivity contribution in [2.45, 2.75) is 25.9 Å². The standard InChI is InChI=1S/C15H23ClN4O/c1-10-7-20(8-11(2)19(10)3)9-15(21)18-12-4-5-13(16)14(17)6-12/h4-6,10-11H,7-9,17H2,1-3H3,(H,18,21). The fourth-order valence-electron chi connectivity index (χ4n) is 2.67. The maximum absolute atomic E-state index is 12.1. The number of hydrogen-bond donors (Lipinski definition) is 2. The van der Waals surface area contributed by atoms with Gasteiger partial charge in [-0.25, -0.2) is 0 Å². The molecule has 1 aliphatic heterocycles. The predicted octanol–water partition coefficient (Wildman–Crippen LogP) is 1.89. The van der Waals surface area contributed by atoms with E-state index in [2.05, 4.69) is 36.0 Å². The summed E-state index contributed by atoms with van der Waals surface area (Å²) in [6, 6.07) is 6.02. The summed E-state index contributed by atoms with van der Waals surface area (Å²) < 4.78 is 0. The summed E-state index contributed by atoms with van der Waals surface area (Å²) in [6.45, 7) is 6.56. The molecule has 1 saturated heterocycles. The van der Waals surface area contributed by atoms with Gasteiger partial charge in [-0.15, -0.1) is 0 Å². The van der Waals surface area contributed by atoms with Crippen LogP contribution in [0.3, 0.4) is 0 Å². The van der Waals surface area contributed by atoms with Gasteiger partial charge in [0.05, 0.1) is 17.3 Å². The highest BCUT2D eigenvalue weighted by atomic mass is 35.5. The molecule has 0 aliphatic carbocycles. The topological polar surface area (TPSA) is 61.6 Å². The van der Waals surface area contributed by atoms with E-state index in [-0.39, 0.29) is 5.91 Å². The average molecular weight is 311 g/mol. The van der Waals surface area contributed by atoms with Crippen molar-refractivity contribution in [2.24, 2.45) is 0 Å². The van der Waals surface area contributed by atoms with Crippen LogP contribution in [-0.4, -0.2) is 54.5 Å². The van der Waals surface area contributed by atoms with Gasteiger partial charge in [0.15, 0.2) is 0 Å². The smallest absolute Gasteiger partial charge is 0.238 e. The van der Waals surface area contributed by atoms with Crippen molar-refractivity contribution < 1.29 is 4.79 Å². The first-order valence-electron chi connectivity index (χ1n) is 7.16. The molecule has 0 spiro atoms. The van der Waals surface area contributed by atoms with Crippen LogP contribution < -0.4 is 11.1 Å². The number of nitrogens with one attached hydrogen (secondary N) is 1. The molecule has 5 nitrogen and oxygen atoms in total. The molecular weight excluding hydrogens is 288 g/mol. The van der Waals surface area contributed by atoms with Crippen LogP contribution in [0.15, 0.2) is 18.2 Å². The summed E-state index contributed by atoms with van der Waals surface area (Å²) in [4.78, 5) is 16.7. The molecule has 2 unspecified atom stereocenters. The van der Waals surface area contributed by atoms with Crippen molar-refractivity contribution in [1.29, 1.82) is 0 Å². The van der Waals surface area contributed by atoms with Crippen LogP contribution in [0.25, 0.3) is 0 Å². The third-order valence-electron chi connectivity index (χ3n) is 4.08. The zero-order valence-electron chi connectivity index (χ0n) is 12.8. The molecule has 1 aromatic rings. The van der Waals surface area contributed by atoms with Gasteiger partial charge in [-0.2, -0.15) is 0 Å². The molecule has 0 saturated carbocycles. The molecule has 21 heavy (non-hydrogen) atoms. The highest BCUT2D eigenvalue weighted by Gasteiger charge is 2.27. The van der Waals surface area contributed by atoms with Gasteiger partial charge in [0.25, 0.3) is 0 Å². The Morgan fingerprint density at radius 2 is 2.00 bits per heavy atom. The minimum absolute atomic E-state index is 0.0272. The number of likely N-dealkylation sites (N-methyl/N-ethyl adjacent to an activating group) is 1. The van der Waals surface area contributed by atoms with Crippen LogP contribution in [0.1, 0.15) is 13.8 Å². The molecule has 1 amide bonds. The molecule has 6 heteroatoms. The van der Waals surface area contributed by atoms with Gasteiger partial charge in [0.1, 0.15) is 0 Å². The second-order valence-electron chi connectivity index (χ2n) is 5.84. The van der Waals surface area contributed by atoms with Gasteiger partial charge in [0.2, 0.25) is 5.91 Å². The van der Waals surface area contributed by atoms with Gasteiger partial charge >= 0.3 is 0 Å². The largest absolute Gasteiger partial charge is 0.397 e. The van der Waals surface area contributed by atoms with Crippen molar-refractivity contribution in [3.63, 3.8) is 0 Å². The monoisotopic (exact) mass is 310 g/mol. The second kappa shape index (κ2) is 6.64. The SMILES string of the molecule is CC1CN(CC(=O)Nc2ccc(Cl)c(N)c2)CC(C)N1C. The van der Waals surface area contributed by atoms with Crippen LogP contribution in [-0.2, 0) is 4.79 Å². The Morgan fingerprint density at radius 1 is 1.38 bits per heavy atom. The minimum Gasteiger partial charge on any atom is -0.397 e. The molecule has 3 N–H and O–H groups in total. The molecule has 1 aromatic carbocycles. The molecule has 1 fully saturated rings. The summed E-state index contributed by atoms with van der Waals surface area (Å²) in [5.74, 6) is -0.0272. The first kappa shape index (κ1) is 16.1. The van der Waals surface area contributed by atoms with E-state index in [9.17, 15) is 4.79 Å². The molecule has 1 aliphatic rings. The average Bonchev–Trinajstić information content (AvgIpc) is 2.40. The minimum atomic E-state index is -0.0272. The molecule has 0 radical (unpaired) electrons. The highest BCUT2D eigenvalue weighted by Crippen LogP contribution is 2.22. The molecule has 0 aromatic heterocycles. The Bertz CT molecular complexity index is 510. The lowest BCUT2D eigenvalue weighted by Gasteiger charge is -2.42. The number of carbonyl (C=O) groups excluding carboxylic acids is 1. The van der Waals surface area contributed by atoms with E-state index in [1.165, 1.54) is 0 Å². The lowest BCUT2D eigenvalue weighted by molar-refractivity contribution is -0.118. The van der Waals surface area contributed by atoms with Crippen molar-refractivity contribution in [1.82, 2.24) is 9.80 Å². The Hall–Kier alpha value is -1.30. The summed E-state index contributed by atoms with van der Waals surface area (Å²) >= 11 is 5.87. The third-order valence-corrected chi connectivity index (χ3v) is 4.43. The molecule has 0 bridgehead atoms. The van der Waals surface area contributed by atoms with Crippen LogP contribution in [0.4, 0.5) is 11.4 Å². The van der Waals surface area contributed by atoms with E-state index >= 15 is 0 Å². The quantitative estimate of drug-likeness (QED) is 0.837.